The molecule has 2 rings (SSSR count). The van der Waals surface area contributed by atoms with E-state index in [-0.39, 0.29) is 12.1 Å². The van der Waals surface area contributed by atoms with E-state index in [4.69, 9.17) is 9.15 Å². The molecule has 0 saturated carbocycles. The van der Waals surface area contributed by atoms with E-state index in [0.717, 1.165) is 17.1 Å². The Morgan fingerprint density at radius 3 is 2.74 bits per heavy atom. The summed E-state index contributed by atoms with van der Waals surface area (Å²) in [6.07, 6.45) is 3.33. The molecule has 0 amide bonds. The minimum atomic E-state index is 0.169. The van der Waals surface area contributed by atoms with Gasteiger partial charge < -0.3 is 14.5 Å². The Bertz CT molecular complexity index is 495. The highest BCUT2D eigenvalue weighted by molar-refractivity contribution is 5.35. The molecule has 0 aliphatic rings. The number of benzene rings is 1. The fourth-order valence-electron chi connectivity index (χ4n) is 1.89. The first-order valence-corrected chi connectivity index (χ1v) is 6.53. The Labute approximate surface area is 113 Å². The summed E-state index contributed by atoms with van der Waals surface area (Å²) in [7, 11) is 0. The predicted molar refractivity (Wildman–Crippen MR) is 74.0 cm³/mol. The smallest absolute Gasteiger partial charge is 0.180 e. The van der Waals surface area contributed by atoms with Crippen molar-refractivity contribution < 1.29 is 9.15 Å². The van der Waals surface area contributed by atoms with Gasteiger partial charge in [0.25, 0.3) is 0 Å². The lowest BCUT2D eigenvalue weighted by molar-refractivity contribution is 0.238. The van der Waals surface area contributed by atoms with Gasteiger partial charge in [-0.1, -0.05) is 18.2 Å². The zero-order valence-electron chi connectivity index (χ0n) is 11.6. The summed E-state index contributed by atoms with van der Waals surface area (Å²) < 4.78 is 11.0. The first-order chi connectivity index (χ1) is 9.16. The van der Waals surface area contributed by atoms with Crippen LogP contribution < -0.4 is 10.1 Å². The van der Waals surface area contributed by atoms with Gasteiger partial charge in [0.05, 0.1) is 18.8 Å². The fourth-order valence-corrected chi connectivity index (χ4v) is 1.89. The molecule has 4 nitrogen and oxygen atoms in total. The van der Waals surface area contributed by atoms with E-state index in [2.05, 4.69) is 23.3 Å². The molecular weight excluding hydrogens is 240 g/mol. The van der Waals surface area contributed by atoms with E-state index in [1.165, 1.54) is 6.39 Å². The lowest BCUT2D eigenvalue weighted by atomic mass is 10.1. The summed E-state index contributed by atoms with van der Waals surface area (Å²) in [4.78, 5) is 3.90. The second-order valence-corrected chi connectivity index (χ2v) is 4.77. The van der Waals surface area contributed by atoms with Gasteiger partial charge in [0.1, 0.15) is 11.5 Å². The maximum absolute atomic E-state index is 5.83. The van der Waals surface area contributed by atoms with Gasteiger partial charge in [-0.2, -0.15) is 0 Å². The minimum Gasteiger partial charge on any atom is -0.491 e. The summed E-state index contributed by atoms with van der Waals surface area (Å²) in [5.41, 5.74) is 1.15. The number of para-hydroxylation sites is 1. The number of aromatic nitrogens is 1. The molecule has 1 unspecified atom stereocenters. The Hall–Kier alpha value is -1.81. The molecule has 1 aromatic heterocycles. The van der Waals surface area contributed by atoms with Crippen LogP contribution in [0.15, 0.2) is 41.3 Å². The topological polar surface area (TPSA) is 47.3 Å². The third kappa shape index (κ3) is 3.83. The quantitative estimate of drug-likeness (QED) is 0.865. The molecule has 0 fully saturated rings. The fraction of sp³-hybridized carbons (Fsp3) is 0.400. The molecule has 1 heterocycles. The number of ether oxygens (including phenoxy) is 1. The van der Waals surface area contributed by atoms with Crippen LogP contribution in [0.2, 0.25) is 0 Å². The van der Waals surface area contributed by atoms with Crippen LogP contribution in [0.1, 0.15) is 38.1 Å². The van der Waals surface area contributed by atoms with Crippen LogP contribution in [0.5, 0.6) is 5.75 Å². The van der Waals surface area contributed by atoms with Gasteiger partial charge in [-0.05, 0) is 26.8 Å². The van der Waals surface area contributed by atoms with Crippen molar-refractivity contribution in [2.75, 3.05) is 0 Å². The summed E-state index contributed by atoms with van der Waals surface area (Å²) >= 11 is 0. The molecule has 0 saturated heterocycles. The second kappa shape index (κ2) is 6.38. The zero-order valence-corrected chi connectivity index (χ0v) is 11.6. The minimum absolute atomic E-state index is 0.169. The molecule has 1 N–H and O–H groups in total. The van der Waals surface area contributed by atoms with Crippen molar-refractivity contribution in [1.82, 2.24) is 10.3 Å². The Kier molecular flexibility index (Phi) is 4.58. The molecule has 2 aromatic rings. The number of nitrogens with one attached hydrogen (secondary N) is 1. The summed E-state index contributed by atoms with van der Waals surface area (Å²) in [5, 5.41) is 3.40. The third-order valence-electron chi connectivity index (χ3n) is 2.81. The van der Waals surface area contributed by atoms with Gasteiger partial charge in [0.15, 0.2) is 6.39 Å². The van der Waals surface area contributed by atoms with Gasteiger partial charge in [-0.25, -0.2) is 4.98 Å². The van der Waals surface area contributed by atoms with E-state index < -0.39 is 0 Å². The van der Waals surface area contributed by atoms with E-state index >= 15 is 0 Å². The summed E-state index contributed by atoms with van der Waals surface area (Å²) in [5.74, 6) is 1.75. The van der Waals surface area contributed by atoms with Crippen LogP contribution in [-0.2, 0) is 6.54 Å². The first-order valence-electron chi connectivity index (χ1n) is 6.53. The SMILES string of the molecule is CC(C)Oc1ccccc1C(C)NCc1cnco1. The van der Waals surface area contributed by atoms with Crippen LogP contribution in [0, 0.1) is 0 Å². The summed E-state index contributed by atoms with van der Waals surface area (Å²) in [6, 6.07) is 8.28. The predicted octanol–water partition coefficient (Wildman–Crippen LogP) is 3.31. The van der Waals surface area contributed by atoms with Crippen molar-refractivity contribution in [3.63, 3.8) is 0 Å². The van der Waals surface area contributed by atoms with Crippen molar-refractivity contribution in [3.05, 3.63) is 48.2 Å². The number of hydrogen-bond donors (Lipinski definition) is 1. The monoisotopic (exact) mass is 260 g/mol. The number of hydrogen-bond acceptors (Lipinski definition) is 4. The van der Waals surface area contributed by atoms with E-state index in [1.807, 2.05) is 32.0 Å². The van der Waals surface area contributed by atoms with Crippen LogP contribution in [0.4, 0.5) is 0 Å². The first kappa shape index (κ1) is 13.6. The standard InChI is InChI=1S/C15H20N2O2/c1-11(2)19-15-7-5-4-6-14(15)12(3)17-9-13-8-16-10-18-13/h4-8,10-12,17H,9H2,1-3H3. The number of nitrogens with zero attached hydrogens (tertiary/aromatic N) is 1. The molecule has 0 aliphatic carbocycles. The summed E-state index contributed by atoms with van der Waals surface area (Å²) in [6.45, 7) is 6.82. The van der Waals surface area contributed by atoms with Gasteiger partial charge in [0, 0.05) is 11.6 Å². The Morgan fingerprint density at radius 1 is 1.26 bits per heavy atom. The van der Waals surface area contributed by atoms with Crippen molar-refractivity contribution in [3.8, 4) is 5.75 Å². The van der Waals surface area contributed by atoms with Crippen LogP contribution in [-0.4, -0.2) is 11.1 Å². The Balaban J connectivity index is 2.03. The molecule has 0 aliphatic heterocycles. The molecule has 0 radical (unpaired) electrons. The number of oxazole rings is 1. The van der Waals surface area contributed by atoms with Crippen molar-refractivity contribution in [2.24, 2.45) is 0 Å². The van der Waals surface area contributed by atoms with Crippen LogP contribution in [0.3, 0.4) is 0 Å². The lowest BCUT2D eigenvalue weighted by Crippen LogP contribution is -2.19. The van der Waals surface area contributed by atoms with Gasteiger partial charge in [0.2, 0.25) is 0 Å². The largest absolute Gasteiger partial charge is 0.491 e. The molecule has 19 heavy (non-hydrogen) atoms. The Morgan fingerprint density at radius 2 is 2.05 bits per heavy atom. The molecule has 0 bridgehead atoms. The highest BCUT2D eigenvalue weighted by atomic mass is 16.5. The molecule has 4 heteroatoms. The maximum atomic E-state index is 5.83. The second-order valence-electron chi connectivity index (χ2n) is 4.77. The van der Waals surface area contributed by atoms with Crippen LogP contribution in [0.25, 0.3) is 0 Å². The average molecular weight is 260 g/mol. The van der Waals surface area contributed by atoms with Gasteiger partial charge >= 0.3 is 0 Å². The molecule has 1 aromatic carbocycles. The normalized spacial score (nSPS) is 12.6. The van der Waals surface area contributed by atoms with E-state index in [1.54, 1.807) is 6.20 Å². The van der Waals surface area contributed by atoms with Gasteiger partial charge in [-0.15, -0.1) is 0 Å². The molecular formula is C15H20N2O2. The van der Waals surface area contributed by atoms with Crippen molar-refractivity contribution in [2.45, 2.75) is 39.5 Å². The highest BCUT2D eigenvalue weighted by Gasteiger charge is 2.12. The molecule has 1 atom stereocenters. The van der Waals surface area contributed by atoms with E-state index in [9.17, 15) is 0 Å². The zero-order chi connectivity index (χ0) is 13.7. The van der Waals surface area contributed by atoms with Gasteiger partial charge in [-0.3, -0.25) is 0 Å². The van der Waals surface area contributed by atoms with Crippen molar-refractivity contribution in [1.29, 1.82) is 0 Å². The van der Waals surface area contributed by atoms with Crippen molar-refractivity contribution >= 4 is 0 Å². The van der Waals surface area contributed by atoms with E-state index in [0.29, 0.717) is 6.54 Å². The maximum Gasteiger partial charge on any atom is 0.180 e. The third-order valence-corrected chi connectivity index (χ3v) is 2.81. The molecule has 102 valence electrons. The highest BCUT2D eigenvalue weighted by Crippen LogP contribution is 2.25. The van der Waals surface area contributed by atoms with Crippen LogP contribution >= 0.6 is 0 Å². The average Bonchev–Trinajstić information content (AvgIpc) is 2.89. The number of rotatable bonds is 6. The lowest BCUT2D eigenvalue weighted by Gasteiger charge is -2.19. The molecule has 0 spiro atoms.